The number of carbonyl (C=O) groups excluding carboxylic acids is 2. The summed E-state index contributed by atoms with van der Waals surface area (Å²) in [5.74, 6) is -1.13. The van der Waals surface area contributed by atoms with E-state index in [2.05, 4.69) is 5.32 Å². The van der Waals surface area contributed by atoms with E-state index in [9.17, 15) is 14.4 Å². The largest absolute Gasteiger partial charge is 0.480 e. The fraction of sp³-hybridized carbons (Fsp3) is 0.400. The summed E-state index contributed by atoms with van der Waals surface area (Å²) >= 11 is 1.42. The van der Waals surface area contributed by atoms with Crippen molar-refractivity contribution in [3.63, 3.8) is 0 Å². The van der Waals surface area contributed by atoms with E-state index < -0.39 is 5.97 Å². The molecule has 0 spiro atoms. The maximum Gasteiger partial charge on any atom is 0.323 e. The van der Waals surface area contributed by atoms with Gasteiger partial charge in [0.1, 0.15) is 6.54 Å². The average Bonchev–Trinajstić information content (AvgIpc) is 2.50. The number of carboxylic acid groups (broad SMARTS) is 1. The number of fused-ring (bicyclic) bond motifs is 1. The molecule has 6 nitrogen and oxygen atoms in total. The fourth-order valence-electron chi connectivity index (χ4n) is 2.18. The Hall–Kier alpha value is -2.02. The number of rotatable bonds is 5. The molecule has 0 fully saturated rings. The van der Waals surface area contributed by atoms with Gasteiger partial charge >= 0.3 is 5.97 Å². The van der Waals surface area contributed by atoms with Gasteiger partial charge in [0.05, 0.1) is 11.4 Å². The van der Waals surface area contributed by atoms with Crippen molar-refractivity contribution in [3.05, 3.63) is 23.8 Å². The van der Waals surface area contributed by atoms with Crippen LogP contribution in [0.4, 0.5) is 5.69 Å². The highest BCUT2D eigenvalue weighted by molar-refractivity contribution is 8.00. The maximum absolute atomic E-state index is 12.6. The maximum atomic E-state index is 12.6. The van der Waals surface area contributed by atoms with Crippen LogP contribution in [0, 0.1) is 0 Å². The second-order valence-corrected chi connectivity index (χ2v) is 6.15. The second kappa shape index (κ2) is 6.83. The summed E-state index contributed by atoms with van der Waals surface area (Å²) in [6.45, 7) is 3.37. The minimum Gasteiger partial charge on any atom is -0.480 e. The zero-order valence-electron chi connectivity index (χ0n) is 12.5. The highest BCUT2D eigenvalue weighted by Gasteiger charge is 2.24. The molecule has 1 aliphatic heterocycles. The van der Waals surface area contributed by atoms with Crippen molar-refractivity contribution in [1.29, 1.82) is 0 Å². The number of thioether (sulfide) groups is 1. The summed E-state index contributed by atoms with van der Waals surface area (Å²) in [6, 6.07) is 4.88. The summed E-state index contributed by atoms with van der Waals surface area (Å²) in [5, 5.41) is 11.7. The van der Waals surface area contributed by atoms with Gasteiger partial charge in [0.25, 0.3) is 5.91 Å². The third-order valence-electron chi connectivity index (χ3n) is 3.55. The molecule has 0 aromatic heterocycles. The van der Waals surface area contributed by atoms with Crippen molar-refractivity contribution in [1.82, 2.24) is 4.90 Å². The Balaban J connectivity index is 2.28. The standard InChI is InChI=1S/C15H18N2O4S/c1-3-9(2)17(7-14(19)20)15(21)10-4-5-12-11(6-10)16-13(18)8-22-12/h4-6,9H,3,7-8H2,1-2H3,(H,16,18)(H,19,20). The number of aliphatic carboxylic acids is 1. The van der Waals surface area contributed by atoms with E-state index in [1.54, 1.807) is 18.2 Å². The number of carbonyl (C=O) groups is 3. The van der Waals surface area contributed by atoms with Crippen molar-refractivity contribution in [2.24, 2.45) is 0 Å². The lowest BCUT2D eigenvalue weighted by Gasteiger charge is -2.27. The topological polar surface area (TPSA) is 86.7 Å². The number of nitrogens with zero attached hydrogens (tertiary/aromatic N) is 1. The molecule has 2 rings (SSSR count). The lowest BCUT2D eigenvalue weighted by molar-refractivity contribution is -0.138. The smallest absolute Gasteiger partial charge is 0.323 e. The highest BCUT2D eigenvalue weighted by Crippen LogP contribution is 2.32. The number of hydrogen-bond donors (Lipinski definition) is 2. The van der Waals surface area contributed by atoms with Gasteiger partial charge in [0.2, 0.25) is 5.91 Å². The van der Waals surface area contributed by atoms with E-state index in [0.717, 1.165) is 4.90 Å². The molecule has 118 valence electrons. The predicted octanol–water partition coefficient (Wildman–Crippen LogP) is 2.06. The monoisotopic (exact) mass is 322 g/mol. The normalized spacial score (nSPS) is 14.7. The van der Waals surface area contributed by atoms with E-state index in [4.69, 9.17) is 5.11 Å². The SMILES string of the molecule is CCC(C)N(CC(=O)O)C(=O)c1ccc2c(c1)NC(=O)CS2. The molecule has 1 heterocycles. The van der Waals surface area contributed by atoms with Crippen LogP contribution in [0.15, 0.2) is 23.1 Å². The molecule has 2 amide bonds. The molecular weight excluding hydrogens is 304 g/mol. The van der Waals surface area contributed by atoms with Crippen LogP contribution in [-0.2, 0) is 9.59 Å². The number of amides is 2. The van der Waals surface area contributed by atoms with E-state index >= 15 is 0 Å². The Bertz CT molecular complexity index is 618. The first-order valence-electron chi connectivity index (χ1n) is 7.01. The van der Waals surface area contributed by atoms with Crippen LogP contribution in [-0.4, -0.2) is 46.1 Å². The van der Waals surface area contributed by atoms with Gasteiger partial charge in [0.15, 0.2) is 0 Å². The van der Waals surface area contributed by atoms with Gasteiger partial charge < -0.3 is 15.3 Å². The second-order valence-electron chi connectivity index (χ2n) is 5.13. The molecule has 0 saturated carbocycles. The zero-order chi connectivity index (χ0) is 16.3. The molecule has 1 aromatic carbocycles. The number of benzene rings is 1. The molecule has 0 bridgehead atoms. The summed E-state index contributed by atoms with van der Waals surface area (Å²) < 4.78 is 0. The van der Waals surface area contributed by atoms with Gasteiger partial charge in [-0.3, -0.25) is 14.4 Å². The molecule has 0 aliphatic carbocycles. The van der Waals surface area contributed by atoms with Gasteiger partial charge in [0, 0.05) is 16.5 Å². The van der Waals surface area contributed by atoms with Crippen LogP contribution in [0.3, 0.4) is 0 Å². The summed E-state index contributed by atoms with van der Waals surface area (Å²) in [5.41, 5.74) is 0.981. The molecule has 2 N–H and O–H groups in total. The molecule has 1 atom stereocenters. The Morgan fingerprint density at radius 1 is 1.45 bits per heavy atom. The molecule has 1 aliphatic rings. The predicted molar refractivity (Wildman–Crippen MR) is 84.2 cm³/mol. The molecule has 7 heteroatoms. The Kier molecular flexibility index (Phi) is 5.07. The van der Waals surface area contributed by atoms with Crippen LogP contribution in [0.1, 0.15) is 30.6 Å². The first kappa shape index (κ1) is 16.4. The quantitative estimate of drug-likeness (QED) is 0.866. The van der Waals surface area contributed by atoms with Crippen molar-refractivity contribution in [2.45, 2.75) is 31.2 Å². The van der Waals surface area contributed by atoms with Gasteiger partial charge in [-0.25, -0.2) is 0 Å². The van der Waals surface area contributed by atoms with Crippen molar-refractivity contribution < 1.29 is 19.5 Å². The molecule has 0 saturated heterocycles. The number of carboxylic acids is 1. The van der Waals surface area contributed by atoms with Crippen molar-refractivity contribution in [3.8, 4) is 0 Å². The summed E-state index contributed by atoms with van der Waals surface area (Å²) in [7, 11) is 0. The first-order valence-corrected chi connectivity index (χ1v) is 8.00. The minimum atomic E-state index is -1.05. The van der Waals surface area contributed by atoms with Gasteiger partial charge in [-0.2, -0.15) is 0 Å². The molecule has 1 aromatic rings. The molecule has 1 unspecified atom stereocenters. The number of anilines is 1. The molecule has 22 heavy (non-hydrogen) atoms. The Labute approximate surface area is 132 Å². The van der Waals surface area contributed by atoms with Crippen LogP contribution in [0.5, 0.6) is 0 Å². The van der Waals surface area contributed by atoms with Gasteiger partial charge in [-0.15, -0.1) is 11.8 Å². The third-order valence-corrected chi connectivity index (χ3v) is 4.62. The Morgan fingerprint density at radius 2 is 2.18 bits per heavy atom. The number of nitrogens with one attached hydrogen (secondary N) is 1. The zero-order valence-corrected chi connectivity index (χ0v) is 13.3. The summed E-state index contributed by atoms with van der Waals surface area (Å²) in [6.07, 6.45) is 0.663. The first-order chi connectivity index (χ1) is 10.4. The lowest BCUT2D eigenvalue weighted by atomic mass is 10.1. The van der Waals surface area contributed by atoms with E-state index in [1.807, 2.05) is 13.8 Å². The van der Waals surface area contributed by atoms with Crippen molar-refractivity contribution >= 4 is 35.2 Å². The van der Waals surface area contributed by atoms with Crippen LogP contribution in [0.25, 0.3) is 0 Å². The Morgan fingerprint density at radius 3 is 2.82 bits per heavy atom. The third kappa shape index (κ3) is 3.59. The minimum absolute atomic E-state index is 0.105. The van der Waals surface area contributed by atoms with Gasteiger partial charge in [-0.1, -0.05) is 6.92 Å². The van der Waals surface area contributed by atoms with Gasteiger partial charge in [-0.05, 0) is 31.5 Å². The van der Waals surface area contributed by atoms with Crippen LogP contribution >= 0.6 is 11.8 Å². The van der Waals surface area contributed by atoms with E-state index in [-0.39, 0.29) is 24.4 Å². The lowest BCUT2D eigenvalue weighted by Crippen LogP contribution is -2.41. The van der Waals surface area contributed by atoms with Crippen molar-refractivity contribution in [2.75, 3.05) is 17.6 Å². The molecular formula is C15H18N2O4S. The summed E-state index contributed by atoms with van der Waals surface area (Å²) in [4.78, 5) is 37.3. The molecule has 0 radical (unpaired) electrons. The van der Waals surface area contributed by atoms with E-state index in [1.165, 1.54) is 16.7 Å². The van der Waals surface area contributed by atoms with Crippen LogP contribution in [0.2, 0.25) is 0 Å². The average molecular weight is 322 g/mol. The van der Waals surface area contributed by atoms with Crippen LogP contribution < -0.4 is 5.32 Å². The number of hydrogen-bond acceptors (Lipinski definition) is 4. The fourth-order valence-corrected chi connectivity index (χ4v) is 2.96. The van der Waals surface area contributed by atoms with E-state index in [0.29, 0.717) is 23.4 Å². The highest BCUT2D eigenvalue weighted by atomic mass is 32.2.